The summed E-state index contributed by atoms with van der Waals surface area (Å²) in [6, 6.07) is -3.39. The molecule has 1 fully saturated rings. The highest BCUT2D eigenvalue weighted by molar-refractivity contribution is 7.88. The lowest BCUT2D eigenvalue weighted by Gasteiger charge is -2.29. The molecule has 1 rings (SSSR count). The van der Waals surface area contributed by atoms with Crippen molar-refractivity contribution in [1.29, 1.82) is 0 Å². The largest absolute Gasteiger partial charge is 0.444 e. The molecule has 10 heteroatoms. The lowest BCUT2D eigenvalue weighted by Crippen LogP contribution is -2.49. The maximum absolute atomic E-state index is 14.3. The van der Waals surface area contributed by atoms with Gasteiger partial charge in [0.2, 0.25) is 10.0 Å². The van der Waals surface area contributed by atoms with E-state index in [-0.39, 0.29) is 6.42 Å². The van der Waals surface area contributed by atoms with Crippen molar-refractivity contribution in [1.82, 2.24) is 9.62 Å². The molecule has 1 aliphatic rings. The van der Waals surface area contributed by atoms with Crippen molar-refractivity contribution in [2.45, 2.75) is 50.8 Å². The summed E-state index contributed by atoms with van der Waals surface area (Å²) in [5.74, 6) is -3.51. The lowest BCUT2D eigenvalue weighted by molar-refractivity contribution is -0.0565. The Kier molecular flexibility index (Phi) is 5.41. The van der Waals surface area contributed by atoms with Crippen molar-refractivity contribution >= 4 is 16.1 Å². The van der Waals surface area contributed by atoms with Gasteiger partial charge in [-0.15, -0.1) is 0 Å². The molecule has 0 aromatic heterocycles. The number of carbonyl (C=O) groups excluding carboxylic acids is 1. The van der Waals surface area contributed by atoms with E-state index in [4.69, 9.17) is 9.84 Å². The maximum Gasteiger partial charge on any atom is 0.410 e. The second-order valence-electron chi connectivity index (χ2n) is 6.28. The second-order valence-corrected chi connectivity index (χ2v) is 8.06. The number of aliphatic hydroxyl groups excluding tert-OH is 1. The molecule has 7 nitrogen and oxygen atoms in total. The Labute approximate surface area is 128 Å². The molecule has 2 atom stereocenters. The Hall–Kier alpha value is -1.00. The molecule has 0 aromatic carbocycles. The Morgan fingerprint density at radius 2 is 2.00 bits per heavy atom. The Morgan fingerprint density at radius 1 is 1.45 bits per heavy atom. The molecule has 0 spiro atoms. The maximum atomic E-state index is 14.3. The number of likely N-dealkylation sites (tertiary alicyclic amines) is 1. The quantitative estimate of drug-likeness (QED) is 0.776. The number of amides is 1. The summed E-state index contributed by atoms with van der Waals surface area (Å²) in [4.78, 5) is 12.8. The van der Waals surface area contributed by atoms with Crippen LogP contribution in [0.4, 0.5) is 13.6 Å². The SMILES string of the molecule is CC(C)(C)OC(=O)N1C[C@@H](NS(C)(=O)=O)C(F)(F)[C@H]1CCO. The van der Waals surface area contributed by atoms with Gasteiger partial charge in [0.25, 0.3) is 5.92 Å². The number of aliphatic hydroxyl groups is 1. The van der Waals surface area contributed by atoms with Gasteiger partial charge < -0.3 is 9.84 Å². The van der Waals surface area contributed by atoms with E-state index in [1.807, 2.05) is 4.72 Å². The number of hydrogen-bond acceptors (Lipinski definition) is 5. The molecule has 1 amide bonds. The van der Waals surface area contributed by atoms with E-state index in [9.17, 15) is 22.0 Å². The van der Waals surface area contributed by atoms with Crippen molar-refractivity contribution in [3.05, 3.63) is 0 Å². The van der Waals surface area contributed by atoms with E-state index in [0.717, 1.165) is 11.2 Å². The van der Waals surface area contributed by atoms with Gasteiger partial charge >= 0.3 is 6.09 Å². The van der Waals surface area contributed by atoms with E-state index in [0.29, 0.717) is 0 Å². The molecule has 2 N–H and O–H groups in total. The van der Waals surface area contributed by atoms with Gasteiger partial charge in [0, 0.05) is 13.2 Å². The predicted molar refractivity (Wildman–Crippen MR) is 75.1 cm³/mol. The number of ether oxygens (including phenoxy) is 1. The molecule has 22 heavy (non-hydrogen) atoms. The van der Waals surface area contributed by atoms with Gasteiger partial charge in [-0.2, -0.15) is 0 Å². The number of alkyl halides is 2. The molecule has 1 saturated heterocycles. The molecule has 0 unspecified atom stereocenters. The average molecular weight is 344 g/mol. The first kappa shape index (κ1) is 19.0. The standard InChI is InChI=1S/C12H22F2N2O5S/c1-11(2,3)21-10(18)16-7-8(15-22(4,19)20)12(13,14)9(16)5-6-17/h8-9,15,17H,5-7H2,1-4H3/t8-,9-/m1/s1. The van der Waals surface area contributed by atoms with Crippen LogP contribution in [0.2, 0.25) is 0 Å². The van der Waals surface area contributed by atoms with Gasteiger partial charge in [-0.25, -0.2) is 26.7 Å². The smallest absolute Gasteiger partial charge is 0.410 e. The summed E-state index contributed by atoms with van der Waals surface area (Å²) in [5.41, 5.74) is -0.877. The highest BCUT2D eigenvalue weighted by atomic mass is 32.2. The van der Waals surface area contributed by atoms with E-state index >= 15 is 0 Å². The van der Waals surface area contributed by atoms with E-state index in [2.05, 4.69) is 0 Å². The van der Waals surface area contributed by atoms with Gasteiger partial charge in [-0.1, -0.05) is 0 Å². The first-order valence-corrected chi connectivity index (χ1v) is 8.62. The topological polar surface area (TPSA) is 95.9 Å². The van der Waals surface area contributed by atoms with Gasteiger partial charge in [0.1, 0.15) is 17.7 Å². The summed E-state index contributed by atoms with van der Waals surface area (Å²) in [6.07, 6.45) is -0.586. The number of hydrogen-bond donors (Lipinski definition) is 2. The first-order chi connectivity index (χ1) is 9.78. The summed E-state index contributed by atoms with van der Waals surface area (Å²) in [6.45, 7) is 3.68. The summed E-state index contributed by atoms with van der Waals surface area (Å²) >= 11 is 0. The van der Waals surface area contributed by atoms with Gasteiger partial charge in [0.15, 0.2) is 0 Å². The predicted octanol–water partition coefficient (Wildman–Crippen LogP) is 0.541. The summed E-state index contributed by atoms with van der Waals surface area (Å²) in [5, 5.41) is 8.96. The fraction of sp³-hybridized carbons (Fsp3) is 0.917. The molecule has 0 bridgehead atoms. The zero-order valence-electron chi connectivity index (χ0n) is 13.0. The third kappa shape index (κ3) is 4.75. The molecule has 0 aromatic rings. The number of halogens is 2. The monoisotopic (exact) mass is 344 g/mol. The lowest BCUT2D eigenvalue weighted by atomic mass is 10.1. The minimum atomic E-state index is -3.87. The fourth-order valence-electron chi connectivity index (χ4n) is 2.25. The molecule has 1 aliphatic heterocycles. The number of rotatable bonds is 4. The average Bonchev–Trinajstić information content (AvgIpc) is 2.49. The summed E-state index contributed by atoms with van der Waals surface area (Å²) in [7, 11) is -3.87. The molecule has 0 saturated carbocycles. The molecular formula is C12H22F2N2O5S. The zero-order valence-corrected chi connectivity index (χ0v) is 13.8. The van der Waals surface area contributed by atoms with Crippen LogP contribution in [0.1, 0.15) is 27.2 Å². The zero-order chi connectivity index (χ0) is 17.3. The normalized spacial score (nSPS) is 25.3. The van der Waals surface area contributed by atoms with Crippen LogP contribution in [0.15, 0.2) is 0 Å². The van der Waals surface area contributed by atoms with Crippen molar-refractivity contribution in [3.8, 4) is 0 Å². The van der Waals surface area contributed by atoms with Gasteiger partial charge in [-0.3, -0.25) is 4.90 Å². The van der Waals surface area contributed by atoms with Crippen LogP contribution in [-0.2, 0) is 14.8 Å². The number of sulfonamides is 1. The van der Waals surface area contributed by atoms with Crippen LogP contribution < -0.4 is 4.72 Å². The van der Waals surface area contributed by atoms with Crippen LogP contribution in [0, 0.1) is 0 Å². The minimum absolute atomic E-state index is 0.381. The first-order valence-electron chi connectivity index (χ1n) is 6.73. The van der Waals surface area contributed by atoms with Crippen LogP contribution >= 0.6 is 0 Å². The number of nitrogens with one attached hydrogen (secondary N) is 1. The highest BCUT2D eigenvalue weighted by Crippen LogP contribution is 2.37. The fourth-order valence-corrected chi connectivity index (χ4v) is 3.00. The van der Waals surface area contributed by atoms with Crippen LogP contribution in [0.5, 0.6) is 0 Å². The van der Waals surface area contributed by atoms with Crippen molar-refractivity contribution in [3.63, 3.8) is 0 Å². The highest BCUT2D eigenvalue weighted by Gasteiger charge is 2.58. The van der Waals surface area contributed by atoms with Crippen molar-refractivity contribution in [2.24, 2.45) is 0 Å². The molecule has 1 heterocycles. The van der Waals surface area contributed by atoms with E-state index < -0.39 is 52.9 Å². The third-order valence-electron chi connectivity index (χ3n) is 3.05. The van der Waals surface area contributed by atoms with Gasteiger partial charge in [0.05, 0.1) is 6.26 Å². The van der Waals surface area contributed by atoms with E-state index in [1.54, 1.807) is 20.8 Å². The number of nitrogens with zero attached hydrogens (tertiary/aromatic N) is 1. The van der Waals surface area contributed by atoms with Crippen molar-refractivity contribution < 1.29 is 31.8 Å². The van der Waals surface area contributed by atoms with Gasteiger partial charge in [-0.05, 0) is 27.2 Å². The second kappa shape index (κ2) is 6.25. The number of carbonyl (C=O) groups is 1. The Morgan fingerprint density at radius 3 is 2.41 bits per heavy atom. The molecule has 0 radical (unpaired) electrons. The third-order valence-corrected chi connectivity index (χ3v) is 3.76. The molecular weight excluding hydrogens is 322 g/mol. The molecule has 0 aliphatic carbocycles. The Bertz CT molecular complexity index is 518. The van der Waals surface area contributed by atoms with Crippen LogP contribution in [0.25, 0.3) is 0 Å². The van der Waals surface area contributed by atoms with Crippen LogP contribution in [0.3, 0.4) is 0 Å². The minimum Gasteiger partial charge on any atom is -0.444 e. The summed E-state index contributed by atoms with van der Waals surface area (Å²) < 4.78 is 58.0. The van der Waals surface area contributed by atoms with Crippen molar-refractivity contribution in [2.75, 3.05) is 19.4 Å². The molecule has 130 valence electrons. The van der Waals surface area contributed by atoms with Crippen LogP contribution in [-0.4, -0.2) is 67.5 Å². The van der Waals surface area contributed by atoms with E-state index in [1.165, 1.54) is 0 Å². The Balaban J connectivity index is 3.04.